The molecular formula is C15H18BrNOS. The molecule has 0 fully saturated rings. The van der Waals surface area contributed by atoms with Crippen LogP contribution in [-0.2, 0) is 6.54 Å². The zero-order valence-electron chi connectivity index (χ0n) is 11.4. The highest BCUT2D eigenvalue weighted by atomic mass is 79.9. The molecule has 0 spiro atoms. The Kier molecular flexibility index (Phi) is 5.13. The first-order chi connectivity index (χ1) is 9.06. The highest BCUT2D eigenvalue weighted by Gasteiger charge is 2.07. The van der Waals surface area contributed by atoms with E-state index in [1.165, 1.54) is 10.5 Å². The molecule has 0 aliphatic heterocycles. The van der Waals surface area contributed by atoms with Gasteiger partial charge in [-0.25, -0.2) is 0 Å². The third kappa shape index (κ3) is 4.13. The Labute approximate surface area is 127 Å². The molecule has 0 saturated carbocycles. The number of halogens is 1. The van der Waals surface area contributed by atoms with Crippen LogP contribution < -0.4 is 5.32 Å². The maximum Gasteiger partial charge on any atom is 0.114 e. The Morgan fingerprint density at radius 2 is 2.05 bits per heavy atom. The van der Waals surface area contributed by atoms with Crippen LogP contribution >= 0.6 is 27.7 Å². The third-order valence-electron chi connectivity index (χ3n) is 2.74. The molecule has 0 radical (unpaired) electrons. The summed E-state index contributed by atoms with van der Waals surface area (Å²) < 4.78 is 6.45. The normalized spacial score (nSPS) is 11.2. The van der Waals surface area contributed by atoms with Crippen molar-refractivity contribution in [3.05, 3.63) is 46.3 Å². The molecular weight excluding hydrogens is 322 g/mol. The van der Waals surface area contributed by atoms with Gasteiger partial charge in [0.15, 0.2) is 0 Å². The molecule has 19 heavy (non-hydrogen) atoms. The van der Waals surface area contributed by atoms with E-state index in [2.05, 4.69) is 53.3 Å². The average molecular weight is 340 g/mol. The number of hydrogen-bond donors (Lipinski definition) is 1. The summed E-state index contributed by atoms with van der Waals surface area (Å²) in [4.78, 5) is 2.37. The van der Waals surface area contributed by atoms with E-state index in [0.29, 0.717) is 6.04 Å². The third-order valence-corrected chi connectivity index (χ3v) is 4.88. The quantitative estimate of drug-likeness (QED) is 0.829. The first kappa shape index (κ1) is 14.7. The fraction of sp³-hybridized carbons (Fsp3) is 0.333. The molecule has 1 aromatic heterocycles. The maximum absolute atomic E-state index is 5.32. The average Bonchev–Trinajstić information content (AvgIpc) is 2.75. The highest BCUT2D eigenvalue weighted by molar-refractivity contribution is 9.10. The van der Waals surface area contributed by atoms with Gasteiger partial charge in [0.2, 0.25) is 0 Å². The second kappa shape index (κ2) is 6.64. The molecule has 1 N–H and O–H groups in total. The number of furan rings is 1. The highest BCUT2D eigenvalue weighted by Crippen LogP contribution is 2.36. The van der Waals surface area contributed by atoms with Crippen molar-refractivity contribution in [3.8, 4) is 0 Å². The first-order valence-corrected chi connectivity index (χ1v) is 7.91. The van der Waals surface area contributed by atoms with Gasteiger partial charge in [0.1, 0.15) is 5.76 Å². The van der Waals surface area contributed by atoms with Gasteiger partial charge in [-0.15, -0.1) is 0 Å². The zero-order valence-corrected chi connectivity index (χ0v) is 13.8. The largest absolute Gasteiger partial charge is 0.468 e. The molecule has 0 bridgehead atoms. The molecule has 4 heteroatoms. The molecule has 2 aromatic rings. The minimum absolute atomic E-state index is 0.501. The van der Waals surface area contributed by atoms with Gasteiger partial charge >= 0.3 is 0 Å². The molecule has 2 nitrogen and oxygen atoms in total. The van der Waals surface area contributed by atoms with Crippen molar-refractivity contribution in [2.24, 2.45) is 0 Å². The van der Waals surface area contributed by atoms with E-state index in [1.54, 1.807) is 18.0 Å². The van der Waals surface area contributed by atoms with Gasteiger partial charge in [-0.2, -0.15) is 0 Å². The molecule has 0 saturated heterocycles. The summed E-state index contributed by atoms with van der Waals surface area (Å²) in [6, 6.07) is 8.99. The standard InChI is InChI=1S/C15H18BrNOS/c1-10(2)17-9-12-4-5-15(13(16)8-12)19-14-6-7-18-11(14)3/h4-8,10,17H,9H2,1-3H3. The molecule has 1 aromatic carbocycles. The van der Waals surface area contributed by atoms with Gasteiger partial charge < -0.3 is 9.73 Å². The molecule has 2 rings (SSSR count). The lowest BCUT2D eigenvalue weighted by Gasteiger charge is -2.10. The van der Waals surface area contributed by atoms with E-state index in [4.69, 9.17) is 4.42 Å². The van der Waals surface area contributed by atoms with Gasteiger partial charge in [0.05, 0.1) is 11.2 Å². The zero-order chi connectivity index (χ0) is 13.8. The lowest BCUT2D eigenvalue weighted by Crippen LogP contribution is -2.21. The van der Waals surface area contributed by atoms with Crippen molar-refractivity contribution >= 4 is 27.7 Å². The van der Waals surface area contributed by atoms with Crippen LogP contribution in [0.1, 0.15) is 25.2 Å². The summed E-state index contributed by atoms with van der Waals surface area (Å²) in [6.45, 7) is 7.19. The molecule has 0 unspecified atom stereocenters. The van der Waals surface area contributed by atoms with Gasteiger partial charge in [-0.3, -0.25) is 0 Å². The number of rotatable bonds is 5. The summed E-state index contributed by atoms with van der Waals surface area (Å²) in [5, 5.41) is 3.42. The van der Waals surface area contributed by atoms with E-state index in [-0.39, 0.29) is 0 Å². The smallest absolute Gasteiger partial charge is 0.114 e. The van der Waals surface area contributed by atoms with E-state index in [9.17, 15) is 0 Å². The predicted octanol–water partition coefficient (Wildman–Crippen LogP) is 5.00. The Balaban J connectivity index is 2.09. The van der Waals surface area contributed by atoms with Crippen LogP contribution in [0.2, 0.25) is 0 Å². The number of benzene rings is 1. The lowest BCUT2D eigenvalue weighted by molar-refractivity contribution is 0.527. The molecule has 0 amide bonds. The van der Waals surface area contributed by atoms with Crippen LogP contribution in [0.25, 0.3) is 0 Å². The molecule has 1 heterocycles. The fourth-order valence-electron chi connectivity index (χ4n) is 1.66. The first-order valence-electron chi connectivity index (χ1n) is 6.30. The summed E-state index contributed by atoms with van der Waals surface area (Å²) >= 11 is 5.36. The molecule has 0 atom stereocenters. The van der Waals surface area contributed by atoms with Crippen molar-refractivity contribution in [2.45, 2.75) is 43.1 Å². The van der Waals surface area contributed by atoms with Crippen molar-refractivity contribution in [1.29, 1.82) is 0 Å². The molecule has 0 aliphatic carbocycles. The summed E-state index contributed by atoms with van der Waals surface area (Å²) in [5.41, 5.74) is 1.29. The van der Waals surface area contributed by atoms with Gasteiger partial charge in [0.25, 0.3) is 0 Å². The predicted molar refractivity (Wildman–Crippen MR) is 83.7 cm³/mol. The van der Waals surface area contributed by atoms with E-state index < -0.39 is 0 Å². The minimum Gasteiger partial charge on any atom is -0.468 e. The molecule has 0 aliphatic rings. The van der Waals surface area contributed by atoms with Crippen molar-refractivity contribution in [3.63, 3.8) is 0 Å². The van der Waals surface area contributed by atoms with Gasteiger partial charge in [-0.05, 0) is 46.6 Å². The Morgan fingerprint density at radius 3 is 2.63 bits per heavy atom. The topological polar surface area (TPSA) is 25.2 Å². The SMILES string of the molecule is Cc1occc1Sc1ccc(CNC(C)C)cc1Br. The van der Waals surface area contributed by atoms with Crippen molar-refractivity contribution in [2.75, 3.05) is 0 Å². The Bertz CT molecular complexity index is 551. The fourth-order valence-corrected chi connectivity index (χ4v) is 3.17. The van der Waals surface area contributed by atoms with E-state index in [1.807, 2.05) is 13.0 Å². The van der Waals surface area contributed by atoms with E-state index in [0.717, 1.165) is 21.7 Å². The van der Waals surface area contributed by atoms with Crippen LogP contribution in [0, 0.1) is 6.92 Å². The minimum atomic E-state index is 0.501. The summed E-state index contributed by atoms with van der Waals surface area (Å²) in [7, 11) is 0. The van der Waals surface area contributed by atoms with Crippen molar-refractivity contribution < 1.29 is 4.42 Å². The van der Waals surface area contributed by atoms with Gasteiger partial charge in [0, 0.05) is 22.0 Å². The number of nitrogens with one attached hydrogen (secondary N) is 1. The number of aryl methyl sites for hydroxylation is 1. The van der Waals surface area contributed by atoms with Gasteiger partial charge in [-0.1, -0.05) is 31.7 Å². The maximum atomic E-state index is 5.32. The van der Waals surface area contributed by atoms with Crippen LogP contribution in [0.4, 0.5) is 0 Å². The second-order valence-electron chi connectivity index (χ2n) is 4.74. The second-order valence-corrected chi connectivity index (χ2v) is 6.68. The van der Waals surface area contributed by atoms with E-state index >= 15 is 0 Å². The van der Waals surface area contributed by atoms with Crippen LogP contribution in [0.3, 0.4) is 0 Å². The summed E-state index contributed by atoms with van der Waals surface area (Å²) in [5.74, 6) is 0.961. The lowest BCUT2D eigenvalue weighted by atomic mass is 10.2. The van der Waals surface area contributed by atoms with Crippen LogP contribution in [0.15, 0.2) is 49.2 Å². The van der Waals surface area contributed by atoms with Crippen molar-refractivity contribution in [1.82, 2.24) is 5.32 Å². The molecule has 102 valence electrons. The number of hydrogen-bond acceptors (Lipinski definition) is 3. The van der Waals surface area contributed by atoms with Crippen LogP contribution in [0.5, 0.6) is 0 Å². The summed E-state index contributed by atoms with van der Waals surface area (Å²) in [6.07, 6.45) is 1.73. The monoisotopic (exact) mass is 339 g/mol. The van der Waals surface area contributed by atoms with Crippen LogP contribution in [-0.4, -0.2) is 6.04 Å². The Hall–Kier alpha value is -0.710. The Morgan fingerprint density at radius 1 is 1.26 bits per heavy atom.